The SMILES string of the molecule is CC.Cc1ccc(N(C)c2cccc3ccccc23)cc1. The molecule has 0 saturated heterocycles. The molecule has 1 nitrogen and oxygen atoms in total. The molecule has 0 heterocycles. The lowest BCUT2D eigenvalue weighted by Gasteiger charge is -2.21. The topological polar surface area (TPSA) is 3.24 Å². The molecule has 0 unspecified atom stereocenters. The second-order valence-corrected chi connectivity index (χ2v) is 4.89. The Hall–Kier alpha value is -2.28. The highest BCUT2D eigenvalue weighted by Crippen LogP contribution is 2.30. The molecular formula is C20H23N. The lowest BCUT2D eigenvalue weighted by atomic mass is 10.1. The Bertz CT molecular complexity index is 693. The van der Waals surface area contributed by atoms with E-state index >= 15 is 0 Å². The van der Waals surface area contributed by atoms with Gasteiger partial charge in [0.1, 0.15) is 0 Å². The van der Waals surface area contributed by atoms with Gasteiger partial charge >= 0.3 is 0 Å². The van der Waals surface area contributed by atoms with Crippen LogP contribution in [0.1, 0.15) is 19.4 Å². The molecule has 0 aliphatic rings. The first kappa shape index (κ1) is 15.1. The summed E-state index contributed by atoms with van der Waals surface area (Å²) in [5, 5.41) is 2.56. The summed E-state index contributed by atoms with van der Waals surface area (Å²) in [6.45, 7) is 6.11. The number of benzene rings is 3. The van der Waals surface area contributed by atoms with Gasteiger partial charge < -0.3 is 4.90 Å². The maximum atomic E-state index is 2.24. The molecule has 0 bridgehead atoms. The standard InChI is InChI=1S/C18H17N.C2H6/c1-14-10-12-16(13-11-14)19(2)18-9-5-7-15-6-3-4-8-17(15)18;1-2/h3-13H,1-2H3;1-2H3. The third-order valence-corrected chi connectivity index (χ3v) is 3.55. The Morgan fingerprint density at radius 3 is 2.05 bits per heavy atom. The van der Waals surface area contributed by atoms with E-state index in [1.807, 2.05) is 13.8 Å². The van der Waals surface area contributed by atoms with Crippen LogP contribution in [0.25, 0.3) is 10.8 Å². The summed E-state index contributed by atoms with van der Waals surface area (Å²) in [6.07, 6.45) is 0. The van der Waals surface area contributed by atoms with Crippen molar-refractivity contribution in [1.82, 2.24) is 0 Å². The zero-order chi connectivity index (χ0) is 15.2. The van der Waals surface area contributed by atoms with Gasteiger partial charge in [0.15, 0.2) is 0 Å². The highest BCUT2D eigenvalue weighted by atomic mass is 15.1. The van der Waals surface area contributed by atoms with Gasteiger partial charge in [0.05, 0.1) is 0 Å². The summed E-state index contributed by atoms with van der Waals surface area (Å²) in [7, 11) is 2.12. The van der Waals surface area contributed by atoms with Crippen molar-refractivity contribution < 1.29 is 0 Å². The van der Waals surface area contributed by atoms with Crippen LogP contribution in [0.15, 0.2) is 66.7 Å². The summed E-state index contributed by atoms with van der Waals surface area (Å²) in [5.74, 6) is 0. The molecule has 0 aliphatic heterocycles. The molecule has 0 spiro atoms. The predicted molar refractivity (Wildman–Crippen MR) is 94.5 cm³/mol. The van der Waals surface area contributed by atoms with Crippen molar-refractivity contribution in [3.63, 3.8) is 0 Å². The van der Waals surface area contributed by atoms with Crippen LogP contribution in [0.3, 0.4) is 0 Å². The number of hydrogen-bond donors (Lipinski definition) is 0. The van der Waals surface area contributed by atoms with E-state index in [1.165, 1.54) is 27.7 Å². The molecule has 21 heavy (non-hydrogen) atoms. The fraction of sp³-hybridized carbons (Fsp3) is 0.200. The monoisotopic (exact) mass is 277 g/mol. The number of nitrogens with zero attached hydrogens (tertiary/aromatic N) is 1. The molecule has 3 aromatic carbocycles. The van der Waals surface area contributed by atoms with E-state index in [4.69, 9.17) is 0 Å². The highest BCUT2D eigenvalue weighted by molar-refractivity contribution is 5.95. The van der Waals surface area contributed by atoms with Crippen molar-refractivity contribution in [3.05, 3.63) is 72.3 Å². The first-order valence-electron chi connectivity index (χ1n) is 7.54. The smallest absolute Gasteiger partial charge is 0.0487 e. The molecule has 3 aromatic rings. The second-order valence-electron chi connectivity index (χ2n) is 4.89. The van der Waals surface area contributed by atoms with Crippen molar-refractivity contribution in [2.75, 3.05) is 11.9 Å². The molecule has 1 heteroatoms. The molecule has 0 fully saturated rings. The summed E-state index contributed by atoms with van der Waals surface area (Å²) in [6, 6.07) is 23.6. The molecule has 108 valence electrons. The van der Waals surface area contributed by atoms with Gasteiger partial charge in [0.25, 0.3) is 0 Å². The molecule has 0 atom stereocenters. The Labute approximate surface area is 127 Å². The molecule has 0 aliphatic carbocycles. The fourth-order valence-electron chi connectivity index (χ4n) is 2.41. The number of rotatable bonds is 2. The van der Waals surface area contributed by atoms with E-state index in [-0.39, 0.29) is 0 Å². The van der Waals surface area contributed by atoms with Crippen LogP contribution >= 0.6 is 0 Å². The van der Waals surface area contributed by atoms with Crippen LogP contribution < -0.4 is 4.90 Å². The van der Waals surface area contributed by atoms with Gasteiger partial charge in [-0.25, -0.2) is 0 Å². The van der Waals surface area contributed by atoms with Gasteiger partial charge in [0.2, 0.25) is 0 Å². The maximum Gasteiger partial charge on any atom is 0.0487 e. The summed E-state index contributed by atoms with van der Waals surface area (Å²) < 4.78 is 0. The minimum Gasteiger partial charge on any atom is -0.344 e. The van der Waals surface area contributed by atoms with Crippen LogP contribution in [0.5, 0.6) is 0 Å². The van der Waals surface area contributed by atoms with Crippen molar-refractivity contribution in [2.45, 2.75) is 20.8 Å². The zero-order valence-corrected chi connectivity index (χ0v) is 13.3. The van der Waals surface area contributed by atoms with Gasteiger partial charge in [-0.1, -0.05) is 67.9 Å². The Balaban J connectivity index is 0.000000774. The van der Waals surface area contributed by atoms with Crippen LogP contribution in [-0.4, -0.2) is 7.05 Å². The van der Waals surface area contributed by atoms with Gasteiger partial charge in [-0.3, -0.25) is 0 Å². The summed E-state index contributed by atoms with van der Waals surface area (Å²) in [4.78, 5) is 2.24. The van der Waals surface area contributed by atoms with E-state index < -0.39 is 0 Å². The Morgan fingerprint density at radius 1 is 0.714 bits per heavy atom. The van der Waals surface area contributed by atoms with E-state index in [2.05, 4.69) is 85.6 Å². The van der Waals surface area contributed by atoms with Crippen LogP contribution in [0.2, 0.25) is 0 Å². The summed E-state index contributed by atoms with van der Waals surface area (Å²) >= 11 is 0. The summed E-state index contributed by atoms with van der Waals surface area (Å²) in [5.41, 5.74) is 3.74. The zero-order valence-electron chi connectivity index (χ0n) is 13.3. The van der Waals surface area contributed by atoms with Gasteiger partial charge in [-0.2, -0.15) is 0 Å². The number of hydrogen-bond acceptors (Lipinski definition) is 1. The van der Waals surface area contributed by atoms with Crippen molar-refractivity contribution in [2.24, 2.45) is 0 Å². The second kappa shape index (κ2) is 6.94. The molecule has 0 N–H and O–H groups in total. The Kier molecular flexibility index (Phi) is 4.99. The fourth-order valence-corrected chi connectivity index (χ4v) is 2.41. The first-order chi connectivity index (χ1) is 10.3. The van der Waals surface area contributed by atoms with Crippen LogP contribution in [-0.2, 0) is 0 Å². The van der Waals surface area contributed by atoms with Gasteiger partial charge in [-0.15, -0.1) is 0 Å². The van der Waals surface area contributed by atoms with Crippen molar-refractivity contribution >= 4 is 22.1 Å². The number of aryl methyl sites for hydroxylation is 1. The van der Waals surface area contributed by atoms with Crippen molar-refractivity contribution in [1.29, 1.82) is 0 Å². The van der Waals surface area contributed by atoms with Crippen LogP contribution in [0.4, 0.5) is 11.4 Å². The van der Waals surface area contributed by atoms with E-state index in [1.54, 1.807) is 0 Å². The third-order valence-electron chi connectivity index (χ3n) is 3.55. The quantitative estimate of drug-likeness (QED) is 0.560. The van der Waals surface area contributed by atoms with Gasteiger partial charge in [-0.05, 0) is 30.5 Å². The highest BCUT2D eigenvalue weighted by Gasteiger charge is 2.07. The van der Waals surface area contributed by atoms with E-state index in [0.717, 1.165) is 0 Å². The lowest BCUT2D eigenvalue weighted by molar-refractivity contribution is 1.22. The minimum atomic E-state index is 1.21. The van der Waals surface area contributed by atoms with Crippen LogP contribution in [0, 0.1) is 6.92 Å². The van der Waals surface area contributed by atoms with Crippen molar-refractivity contribution in [3.8, 4) is 0 Å². The average molecular weight is 277 g/mol. The lowest BCUT2D eigenvalue weighted by Crippen LogP contribution is -2.09. The van der Waals surface area contributed by atoms with E-state index in [9.17, 15) is 0 Å². The normalized spacial score (nSPS) is 9.90. The first-order valence-corrected chi connectivity index (χ1v) is 7.54. The third kappa shape index (κ3) is 3.25. The molecular weight excluding hydrogens is 254 g/mol. The number of fused-ring (bicyclic) bond motifs is 1. The Morgan fingerprint density at radius 2 is 1.33 bits per heavy atom. The molecule has 0 aromatic heterocycles. The number of anilines is 2. The largest absolute Gasteiger partial charge is 0.344 e. The maximum absolute atomic E-state index is 2.24. The minimum absolute atomic E-state index is 1.21. The molecule has 0 amide bonds. The van der Waals surface area contributed by atoms with Gasteiger partial charge in [0, 0.05) is 23.8 Å². The molecule has 0 radical (unpaired) electrons. The molecule has 3 rings (SSSR count). The molecule has 0 saturated carbocycles. The average Bonchev–Trinajstić information content (AvgIpc) is 2.56. The predicted octanol–water partition coefficient (Wildman–Crippen LogP) is 5.94. The van der Waals surface area contributed by atoms with E-state index in [0.29, 0.717) is 0 Å².